The molecule has 0 aliphatic carbocycles. The third kappa shape index (κ3) is 4.68. The number of nitrogens with one attached hydrogen (secondary N) is 1. The molecule has 4 N–H and O–H groups in total. The zero-order valence-corrected chi connectivity index (χ0v) is 12.3. The molecule has 0 aromatic heterocycles. The monoisotopic (exact) mass is 286 g/mol. The number of aliphatic hydroxyl groups excluding tert-OH is 1. The van der Waals surface area contributed by atoms with Crippen LogP contribution in [0.1, 0.15) is 25.0 Å². The molecule has 0 bridgehead atoms. The smallest absolute Gasteiger partial charge is 0.123 e. The number of hydrogen-bond donors (Lipinski definition) is 3. The lowest BCUT2D eigenvalue weighted by Crippen LogP contribution is -2.12. The van der Waals surface area contributed by atoms with Gasteiger partial charge >= 0.3 is 0 Å². The Kier molecular flexibility index (Phi) is 5.46. The highest BCUT2D eigenvalue weighted by molar-refractivity contribution is 5.59. The van der Waals surface area contributed by atoms with Gasteiger partial charge in [-0.3, -0.25) is 0 Å². The largest absolute Gasteiger partial charge is 0.493 e. The van der Waals surface area contributed by atoms with Crippen LogP contribution < -0.4 is 15.8 Å². The van der Waals surface area contributed by atoms with Crippen molar-refractivity contribution in [1.29, 1.82) is 0 Å². The molecule has 0 aliphatic heterocycles. The molecular weight excluding hydrogens is 264 g/mol. The molecule has 0 amide bonds. The molecule has 0 radical (unpaired) electrons. The SMILES string of the molecule is CCCOc1cc(N)cc(NCC(O)c2ccccc2)c1. The highest BCUT2D eigenvalue weighted by atomic mass is 16.5. The van der Waals surface area contributed by atoms with Crippen LogP contribution in [-0.2, 0) is 0 Å². The van der Waals surface area contributed by atoms with Gasteiger partial charge in [-0.2, -0.15) is 0 Å². The van der Waals surface area contributed by atoms with E-state index in [2.05, 4.69) is 12.2 Å². The number of aliphatic hydroxyl groups is 1. The van der Waals surface area contributed by atoms with E-state index in [1.54, 1.807) is 6.07 Å². The van der Waals surface area contributed by atoms with Gasteiger partial charge in [0, 0.05) is 30.1 Å². The summed E-state index contributed by atoms with van der Waals surface area (Å²) in [6.45, 7) is 3.14. The maximum atomic E-state index is 10.1. The molecule has 0 heterocycles. The summed E-state index contributed by atoms with van der Waals surface area (Å²) in [5.41, 5.74) is 8.23. The zero-order valence-electron chi connectivity index (χ0n) is 12.3. The first kappa shape index (κ1) is 15.2. The van der Waals surface area contributed by atoms with Gasteiger partial charge in [-0.05, 0) is 18.1 Å². The molecule has 0 saturated carbocycles. The maximum absolute atomic E-state index is 10.1. The summed E-state index contributed by atoms with van der Waals surface area (Å²) in [6.07, 6.45) is 0.386. The Morgan fingerprint density at radius 1 is 1.19 bits per heavy atom. The van der Waals surface area contributed by atoms with Crippen LogP contribution in [0.3, 0.4) is 0 Å². The van der Waals surface area contributed by atoms with Crippen molar-refractivity contribution in [2.45, 2.75) is 19.4 Å². The molecule has 4 heteroatoms. The molecule has 2 rings (SSSR count). The van der Waals surface area contributed by atoms with Gasteiger partial charge in [0.15, 0.2) is 0 Å². The third-order valence-electron chi connectivity index (χ3n) is 3.09. The van der Waals surface area contributed by atoms with E-state index in [1.807, 2.05) is 42.5 Å². The molecule has 4 nitrogen and oxygen atoms in total. The number of rotatable bonds is 7. The molecule has 0 aliphatic rings. The summed E-state index contributed by atoms with van der Waals surface area (Å²) >= 11 is 0. The average Bonchev–Trinajstić information content (AvgIpc) is 2.51. The Bertz CT molecular complexity index is 558. The Hall–Kier alpha value is -2.20. The maximum Gasteiger partial charge on any atom is 0.123 e. The van der Waals surface area contributed by atoms with Crippen LogP contribution in [0.25, 0.3) is 0 Å². The number of hydrogen-bond acceptors (Lipinski definition) is 4. The number of nitrogens with two attached hydrogens (primary N) is 1. The van der Waals surface area contributed by atoms with Crippen molar-refractivity contribution >= 4 is 11.4 Å². The first-order valence-electron chi connectivity index (χ1n) is 7.19. The fraction of sp³-hybridized carbons (Fsp3) is 0.294. The van der Waals surface area contributed by atoms with Crippen molar-refractivity contribution in [3.63, 3.8) is 0 Å². The Morgan fingerprint density at radius 2 is 1.95 bits per heavy atom. The fourth-order valence-corrected chi connectivity index (χ4v) is 2.03. The normalized spacial score (nSPS) is 11.9. The molecule has 0 saturated heterocycles. The van der Waals surface area contributed by atoms with Gasteiger partial charge in [0.1, 0.15) is 5.75 Å². The highest BCUT2D eigenvalue weighted by Crippen LogP contribution is 2.23. The second-order valence-corrected chi connectivity index (χ2v) is 4.95. The van der Waals surface area contributed by atoms with E-state index in [1.165, 1.54) is 0 Å². The van der Waals surface area contributed by atoms with Crippen molar-refractivity contribution in [3.8, 4) is 5.75 Å². The van der Waals surface area contributed by atoms with E-state index >= 15 is 0 Å². The van der Waals surface area contributed by atoms with Gasteiger partial charge in [0.25, 0.3) is 0 Å². The summed E-state index contributed by atoms with van der Waals surface area (Å²) in [6, 6.07) is 15.1. The number of benzene rings is 2. The molecule has 0 spiro atoms. The molecule has 2 aromatic carbocycles. The average molecular weight is 286 g/mol. The van der Waals surface area contributed by atoms with Crippen LogP contribution in [0, 0.1) is 0 Å². The Balaban J connectivity index is 1.97. The molecule has 2 aromatic rings. The van der Waals surface area contributed by atoms with Gasteiger partial charge in [0.2, 0.25) is 0 Å². The van der Waals surface area contributed by atoms with Crippen LogP contribution in [0.15, 0.2) is 48.5 Å². The first-order valence-corrected chi connectivity index (χ1v) is 7.19. The van der Waals surface area contributed by atoms with Crippen LogP contribution in [0.5, 0.6) is 5.75 Å². The second kappa shape index (κ2) is 7.55. The predicted octanol–water partition coefficient (Wildman–Crippen LogP) is 3.20. The predicted molar refractivity (Wildman–Crippen MR) is 86.5 cm³/mol. The van der Waals surface area contributed by atoms with E-state index in [-0.39, 0.29) is 0 Å². The van der Waals surface area contributed by atoms with Crippen LogP contribution >= 0.6 is 0 Å². The Labute approximate surface area is 125 Å². The van der Waals surface area contributed by atoms with E-state index in [9.17, 15) is 5.11 Å². The van der Waals surface area contributed by atoms with E-state index in [4.69, 9.17) is 10.5 Å². The van der Waals surface area contributed by atoms with Crippen molar-refractivity contribution in [2.75, 3.05) is 24.2 Å². The summed E-state index contributed by atoms with van der Waals surface area (Å²) in [5.74, 6) is 0.744. The van der Waals surface area contributed by atoms with Gasteiger partial charge < -0.3 is 20.9 Å². The lowest BCUT2D eigenvalue weighted by molar-refractivity contribution is 0.191. The topological polar surface area (TPSA) is 67.5 Å². The molecule has 112 valence electrons. The minimum absolute atomic E-state index is 0.417. The van der Waals surface area contributed by atoms with Crippen molar-refractivity contribution in [3.05, 3.63) is 54.1 Å². The fourth-order valence-electron chi connectivity index (χ4n) is 2.03. The van der Waals surface area contributed by atoms with Crippen LogP contribution in [0.2, 0.25) is 0 Å². The van der Waals surface area contributed by atoms with Gasteiger partial charge in [-0.15, -0.1) is 0 Å². The minimum Gasteiger partial charge on any atom is -0.493 e. The zero-order chi connectivity index (χ0) is 15.1. The van der Waals surface area contributed by atoms with E-state index in [0.29, 0.717) is 18.8 Å². The first-order chi connectivity index (χ1) is 10.2. The number of anilines is 2. The van der Waals surface area contributed by atoms with Crippen molar-refractivity contribution in [2.24, 2.45) is 0 Å². The molecular formula is C17H22N2O2. The summed E-state index contributed by atoms with van der Waals surface area (Å²) < 4.78 is 5.59. The standard InChI is InChI=1S/C17H22N2O2/c1-2-8-21-16-10-14(18)9-15(11-16)19-12-17(20)13-6-4-3-5-7-13/h3-7,9-11,17,19-20H,2,8,12,18H2,1H3. The third-order valence-corrected chi connectivity index (χ3v) is 3.09. The molecule has 1 unspecified atom stereocenters. The quantitative estimate of drug-likeness (QED) is 0.684. The molecule has 21 heavy (non-hydrogen) atoms. The van der Waals surface area contributed by atoms with Crippen molar-refractivity contribution < 1.29 is 9.84 Å². The Morgan fingerprint density at radius 3 is 2.67 bits per heavy atom. The van der Waals surface area contributed by atoms with Crippen LogP contribution in [0.4, 0.5) is 11.4 Å². The summed E-state index contributed by atoms with van der Waals surface area (Å²) in [5, 5.41) is 13.3. The van der Waals surface area contributed by atoms with Gasteiger partial charge in [-0.25, -0.2) is 0 Å². The van der Waals surface area contributed by atoms with Crippen LogP contribution in [-0.4, -0.2) is 18.3 Å². The van der Waals surface area contributed by atoms with Crippen molar-refractivity contribution in [1.82, 2.24) is 0 Å². The van der Waals surface area contributed by atoms with E-state index in [0.717, 1.165) is 23.4 Å². The number of nitrogen functional groups attached to an aromatic ring is 1. The number of ether oxygens (including phenoxy) is 1. The summed E-state index contributed by atoms with van der Waals surface area (Å²) in [7, 11) is 0. The van der Waals surface area contributed by atoms with Gasteiger partial charge in [0.05, 0.1) is 12.7 Å². The molecule has 1 atom stereocenters. The minimum atomic E-state index is -0.562. The van der Waals surface area contributed by atoms with Gasteiger partial charge in [-0.1, -0.05) is 37.3 Å². The second-order valence-electron chi connectivity index (χ2n) is 4.95. The lowest BCUT2D eigenvalue weighted by Gasteiger charge is -2.14. The molecule has 0 fully saturated rings. The van der Waals surface area contributed by atoms with E-state index < -0.39 is 6.10 Å². The summed E-state index contributed by atoms with van der Waals surface area (Å²) in [4.78, 5) is 0. The lowest BCUT2D eigenvalue weighted by atomic mass is 10.1. The highest BCUT2D eigenvalue weighted by Gasteiger charge is 2.07.